The molecule has 0 saturated heterocycles. The van der Waals surface area contributed by atoms with Crippen LogP contribution in [-0.2, 0) is 13.1 Å². The molecule has 7 nitrogen and oxygen atoms in total. The van der Waals surface area contributed by atoms with Gasteiger partial charge in [-0.1, -0.05) is 24.3 Å². The predicted molar refractivity (Wildman–Crippen MR) is 89.8 cm³/mol. The van der Waals surface area contributed by atoms with Gasteiger partial charge in [0.1, 0.15) is 0 Å². The van der Waals surface area contributed by atoms with Gasteiger partial charge in [0.15, 0.2) is 0 Å². The monoisotopic (exact) mass is 313 g/mol. The van der Waals surface area contributed by atoms with Gasteiger partial charge in [-0.3, -0.25) is 5.32 Å². The van der Waals surface area contributed by atoms with Crippen molar-refractivity contribution in [1.82, 2.24) is 5.32 Å². The molecule has 2 aromatic carbocycles. The van der Waals surface area contributed by atoms with Crippen molar-refractivity contribution in [2.24, 2.45) is 11.5 Å². The Hall–Kier alpha value is -2.90. The molecule has 0 spiro atoms. The van der Waals surface area contributed by atoms with Crippen molar-refractivity contribution in [2.75, 3.05) is 10.6 Å². The van der Waals surface area contributed by atoms with Crippen LogP contribution in [0, 0.1) is 0 Å². The van der Waals surface area contributed by atoms with Crippen LogP contribution in [0.1, 0.15) is 11.1 Å². The topological polar surface area (TPSA) is 122 Å². The molecule has 2 rings (SSSR count). The average Bonchev–Trinajstić information content (AvgIpc) is 2.56. The number of urea groups is 2. The first-order valence-corrected chi connectivity index (χ1v) is 7.07. The van der Waals surface area contributed by atoms with E-state index in [1.54, 1.807) is 48.5 Å². The predicted octanol–water partition coefficient (Wildman–Crippen LogP) is 1.96. The zero-order chi connectivity index (χ0) is 16.7. The van der Waals surface area contributed by atoms with Gasteiger partial charge in [0.25, 0.3) is 0 Å². The molecule has 120 valence electrons. The van der Waals surface area contributed by atoms with E-state index in [0.29, 0.717) is 24.5 Å². The quantitative estimate of drug-likeness (QED) is 0.592. The van der Waals surface area contributed by atoms with E-state index in [2.05, 4.69) is 16.0 Å². The molecule has 7 heteroatoms. The lowest BCUT2D eigenvalue weighted by molar-refractivity contribution is 0.240. The van der Waals surface area contributed by atoms with Crippen molar-refractivity contribution in [3.05, 3.63) is 59.7 Å². The second kappa shape index (κ2) is 7.92. The highest BCUT2D eigenvalue weighted by Gasteiger charge is 2.08. The first kappa shape index (κ1) is 16.5. The lowest BCUT2D eigenvalue weighted by atomic mass is 10.2. The summed E-state index contributed by atoms with van der Waals surface area (Å²) in [5, 5.41) is 7.30. The maximum Gasteiger partial charge on any atom is 0.327 e. The highest BCUT2D eigenvalue weighted by Crippen LogP contribution is 2.10. The molecule has 0 aliphatic rings. The minimum absolute atomic E-state index is 0.428. The molecule has 0 atom stereocenters. The fourth-order valence-corrected chi connectivity index (χ4v) is 1.88. The van der Waals surface area contributed by atoms with Gasteiger partial charge < -0.3 is 22.1 Å². The summed E-state index contributed by atoms with van der Waals surface area (Å²) in [4.78, 5) is 23.5. The molecule has 4 amide bonds. The van der Waals surface area contributed by atoms with Crippen LogP contribution in [0.25, 0.3) is 0 Å². The van der Waals surface area contributed by atoms with Crippen molar-refractivity contribution >= 4 is 23.4 Å². The zero-order valence-corrected chi connectivity index (χ0v) is 12.5. The number of anilines is 2. The van der Waals surface area contributed by atoms with Crippen LogP contribution >= 0.6 is 0 Å². The molecular formula is C16H19N5O2. The molecule has 0 aliphatic heterocycles. The zero-order valence-electron chi connectivity index (χ0n) is 12.5. The van der Waals surface area contributed by atoms with Crippen LogP contribution in [0.5, 0.6) is 0 Å². The van der Waals surface area contributed by atoms with Gasteiger partial charge >= 0.3 is 12.1 Å². The lowest BCUT2D eigenvalue weighted by Gasteiger charge is -2.09. The first-order chi connectivity index (χ1) is 11.1. The number of nitrogens with two attached hydrogens (primary N) is 2. The van der Waals surface area contributed by atoms with E-state index in [0.717, 1.165) is 11.1 Å². The summed E-state index contributed by atoms with van der Waals surface area (Å²) in [6.07, 6.45) is 0. The van der Waals surface area contributed by atoms with Crippen LogP contribution in [0.3, 0.4) is 0 Å². The largest absolute Gasteiger partial charge is 0.327 e. The summed E-state index contributed by atoms with van der Waals surface area (Å²) in [6, 6.07) is 12.8. The smallest absolute Gasteiger partial charge is 0.326 e. The van der Waals surface area contributed by atoms with Crippen molar-refractivity contribution in [3.63, 3.8) is 0 Å². The molecule has 0 radical (unpaired) electrons. The van der Waals surface area contributed by atoms with Gasteiger partial charge in [0.2, 0.25) is 0 Å². The van der Waals surface area contributed by atoms with Crippen LogP contribution in [-0.4, -0.2) is 12.1 Å². The van der Waals surface area contributed by atoms with Gasteiger partial charge in [-0.05, 0) is 35.4 Å². The second-order valence-corrected chi connectivity index (χ2v) is 4.84. The van der Waals surface area contributed by atoms with Gasteiger partial charge in [-0.2, -0.15) is 0 Å². The summed E-state index contributed by atoms with van der Waals surface area (Å²) >= 11 is 0. The lowest BCUT2D eigenvalue weighted by Crippen LogP contribution is -2.37. The third kappa shape index (κ3) is 5.10. The van der Waals surface area contributed by atoms with E-state index in [1.807, 2.05) is 0 Å². The maximum atomic E-state index is 11.7. The Balaban J connectivity index is 1.84. The Morgan fingerprint density at radius 3 is 1.35 bits per heavy atom. The van der Waals surface area contributed by atoms with E-state index in [-0.39, 0.29) is 0 Å². The van der Waals surface area contributed by atoms with Crippen LogP contribution in [0.15, 0.2) is 48.5 Å². The summed E-state index contributed by atoms with van der Waals surface area (Å²) in [7, 11) is 0. The van der Waals surface area contributed by atoms with Crippen LogP contribution in [0.4, 0.5) is 21.0 Å². The molecule has 0 unspecified atom stereocenters. The highest BCUT2D eigenvalue weighted by atomic mass is 16.2. The third-order valence-electron chi connectivity index (χ3n) is 3.12. The van der Waals surface area contributed by atoms with Gasteiger partial charge in [0.05, 0.1) is 0 Å². The molecule has 0 saturated carbocycles. The Morgan fingerprint density at radius 1 is 0.696 bits per heavy atom. The molecule has 7 N–H and O–H groups in total. The number of carbonyl (C=O) groups is 2. The first-order valence-electron chi connectivity index (χ1n) is 7.07. The van der Waals surface area contributed by atoms with Crippen molar-refractivity contribution in [2.45, 2.75) is 13.1 Å². The molecule has 0 heterocycles. The number of amides is 4. The molecule has 0 aliphatic carbocycles. The highest BCUT2D eigenvalue weighted by molar-refractivity contribution is 6.05. The van der Waals surface area contributed by atoms with Crippen molar-refractivity contribution in [1.29, 1.82) is 0 Å². The summed E-state index contributed by atoms with van der Waals surface area (Å²) in [5.74, 6) is 0. The molecular weight excluding hydrogens is 294 g/mol. The molecule has 0 aromatic heterocycles. The van der Waals surface area contributed by atoms with Crippen LogP contribution in [0.2, 0.25) is 0 Å². The fourth-order valence-electron chi connectivity index (χ4n) is 1.88. The summed E-state index contributed by atoms with van der Waals surface area (Å²) in [5.41, 5.74) is 14.0. The Morgan fingerprint density at radius 2 is 1.04 bits per heavy atom. The van der Waals surface area contributed by atoms with E-state index in [4.69, 9.17) is 11.5 Å². The molecule has 0 fully saturated rings. The number of imide groups is 1. The van der Waals surface area contributed by atoms with Crippen LogP contribution < -0.4 is 27.4 Å². The number of nitrogens with one attached hydrogen (secondary N) is 3. The SMILES string of the molecule is NCc1ccc(NC(=O)NC(=O)Nc2ccc(CN)cc2)cc1. The Kier molecular flexibility index (Phi) is 5.67. The number of hydrogen-bond donors (Lipinski definition) is 5. The minimum Gasteiger partial charge on any atom is -0.326 e. The normalized spacial score (nSPS) is 10.0. The third-order valence-corrected chi connectivity index (χ3v) is 3.12. The standard InChI is InChI=1S/C16H19N5O2/c17-9-11-1-5-13(6-2-11)19-15(22)21-16(23)20-14-7-3-12(10-18)4-8-14/h1-8H,9-10,17-18H2,(H3,19,20,21,22,23). The van der Waals surface area contributed by atoms with Gasteiger partial charge in [-0.15, -0.1) is 0 Å². The summed E-state index contributed by atoms with van der Waals surface area (Å²) in [6.45, 7) is 0.857. The molecule has 2 aromatic rings. The van der Waals surface area contributed by atoms with Crippen molar-refractivity contribution in [3.8, 4) is 0 Å². The van der Waals surface area contributed by atoms with E-state index >= 15 is 0 Å². The minimum atomic E-state index is -0.624. The van der Waals surface area contributed by atoms with Gasteiger partial charge in [-0.25, -0.2) is 9.59 Å². The van der Waals surface area contributed by atoms with E-state index < -0.39 is 12.1 Å². The maximum absolute atomic E-state index is 11.7. The van der Waals surface area contributed by atoms with Gasteiger partial charge in [0, 0.05) is 24.5 Å². The Bertz CT molecular complexity index is 608. The summed E-state index contributed by atoms with van der Waals surface area (Å²) < 4.78 is 0. The second-order valence-electron chi connectivity index (χ2n) is 4.84. The number of carbonyl (C=O) groups excluding carboxylic acids is 2. The fraction of sp³-hybridized carbons (Fsp3) is 0.125. The van der Waals surface area contributed by atoms with Crippen molar-refractivity contribution < 1.29 is 9.59 Å². The number of benzene rings is 2. The number of rotatable bonds is 4. The molecule has 23 heavy (non-hydrogen) atoms. The number of hydrogen-bond acceptors (Lipinski definition) is 4. The average molecular weight is 313 g/mol. The van der Waals surface area contributed by atoms with E-state index in [9.17, 15) is 9.59 Å². The Labute approximate surface area is 134 Å². The molecule has 0 bridgehead atoms. The van der Waals surface area contributed by atoms with E-state index in [1.165, 1.54) is 0 Å².